The van der Waals surface area contributed by atoms with E-state index in [1.165, 1.54) is 46.7 Å². The van der Waals surface area contributed by atoms with Gasteiger partial charge in [-0.2, -0.15) is 0 Å². The van der Waals surface area contributed by atoms with Crippen molar-refractivity contribution in [3.8, 4) is 0 Å². The minimum atomic E-state index is -0.0916. The lowest BCUT2D eigenvalue weighted by atomic mass is 9.58. The Kier molecular flexibility index (Phi) is 4.08. The molecule has 1 saturated carbocycles. The summed E-state index contributed by atoms with van der Waals surface area (Å²) in [6, 6.07) is 9.64. The quantitative estimate of drug-likeness (QED) is 0.560. The average molecular weight is 439 g/mol. The molecule has 5 aliphatic rings. The Balaban J connectivity index is 1.29. The van der Waals surface area contributed by atoms with Gasteiger partial charge in [-0.05, 0) is 104 Å². The molecule has 0 radical (unpaired) electrons. The smallest absolute Gasteiger partial charge is 0.0975 e. The molecule has 1 aromatic carbocycles. The molecule has 7 rings (SSSR count). The van der Waals surface area contributed by atoms with E-state index in [9.17, 15) is 0 Å². The number of hydrogen-bond donors (Lipinski definition) is 0. The molecular weight excluding hydrogens is 404 g/mol. The Morgan fingerprint density at radius 2 is 1.97 bits per heavy atom. The lowest BCUT2D eigenvalue weighted by Crippen LogP contribution is -2.54. The molecule has 2 fully saturated rings. The maximum atomic E-state index is 7.37. The van der Waals surface area contributed by atoms with E-state index in [0.29, 0.717) is 17.9 Å². The summed E-state index contributed by atoms with van der Waals surface area (Å²) < 4.78 is 7.37. The maximum absolute atomic E-state index is 7.37. The fourth-order valence-corrected chi connectivity index (χ4v) is 8.26. The van der Waals surface area contributed by atoms with Crippen molar-refractivity contribution in [2.45, 2.75) is 68.6 Å². The van der Waals surface area contributed by atoms with Crippen molar-refractivity contribution < 1.29 is 4.74 Å². The molecule has 6 atom stereocenters. The normalized spacial score (nSPS) is 40.9. The summed E-state index contributed by atoms with van der Waals surface area (Å²) >= 11 is 0. The second kappa shape index (κ2) is 6.67. The van der Waals surface area contributed by atoms with Crippen LogP contribution in [0.4, 0.5) is 0 Å². The number of nitrogens with zero attached hydrogens (tertiary/aromatic N) is 2. The van der Waals surface area contributed by atoms with Crippen LogP contribution >= 0.6 is 0 Å². The zero-order valence-corrected chi connectivity index (χ0v) is 20.1. The molecule has 33 heavy (non-hydrogen) atoms. The molecule has 3 heterocycles. The lowest BCUT2D eigenvalue weighted by molar-refractivity contribution is -0.132. The van der Waals surface area contributed by atoms with Gasteiger partial charge in [0.25, 0.3) is 0 Å². The van der Waals surface area contributed by atoms with Crippen LogP contribution in [-0.2, 0) is 4.74 Å². The third kappa shape index (κ3) is 2.61. The molecule has 2 aromatic rings. The van der Waals surface area contributed by atoms with Gasteiger partial charge in [-0.15, -0.1) is 0 Å². The van der Waals surface area contributed by atoms with E-state index < -0.39 is 0 Å². The summed E-state index contributed by atoms with van der Waals surface area (Å²) in [5, 5.41) is 2.54. The van der Waals surface area contributed by atoms with Crippen molar-refractivity contribution in [3.63, 3.8) is 0 Å². The molecule has 2 spiro atoms. The molecule has 0 unspecified atom stereocenters. The molecule has 2 aliphatic heterocycles. The van der Waals surface area contributed by atoms with Crippen molar-refractivity contribution in [2.24, 2.45) is 11.3 Å². The summed E-state index contributed by atoms with van der Waals surface area (Å²) in [5.41, 5.74) is 4.44. The summed E-state index contributed by atoms with van der Waals surface area (Å²) in [7, 11) is 4.38. The lowest BCUT2D eigenvalue weighted by Gasteiger charge is -2.54. The summed E-state index contributed by atoms with van der Waals surface area (Å²) in [6.07, 6.45) is 20.8. The number of aromatic nitrogens is 1. The first-order chi connectivity index (χ1) is 15.9. The van der Waals surface area contributed by atoms with Gasteiger partial charge in [0.2, 0.25) is 0 Å². The third-order valence-electron chi connectivity index (χ3n) is 10.0. The van der Waals surface area contributed by atoms with Gasteiger partial charge in [-0.25, -0.2) is 0 Å². The Morgan fingerprint density at radius 3 is 2.85 bits per heavy atom. The van der Waals surface area contributed by atoms with Crippen LogP contribution in [0.25, 0.3) is 10.8 Å². The Bertz CT molecular complexity index is 1240. The van der Waals surface area contributed by atoms with Gasteiger partial charge in [0.15, 0.2) is 0 Å². The molecule has 170 valence electrons. The minimum Gasteiger partial charge on any atom is -0.359 e. The largest absolute Gasteiger partial charge is 0.359 e. The van der Waals surface area contributed by atoms with E-state index >= 15 is 0 Å². The van der Waals surface area contributed by atoms with Crippen molar-refractivity contribution in [3.05, 3.63) is 77.7 Å². The molecule has 1 saturated heterocycles. The first kappa shape index (κ1) is 20.2. The monoisotopic (exact) mass is 438 g/mol. The second-order valence-corrected chi connectivity index (χ2v) is 11.7. The van der Waals surface area contributed by atoms with E-state index in [1.807, 2.05) is 12.4 Å². The number of hydrogen-bond acceptors (Lipinski definition) is 3. The zero-order chi connectivity index (χ0) is 22.4. The summed E-state index contributed by atoms with van der Waals surface area (Å²) in [5.74, 6) is 1.16. The van der Waals surface area contributed by atoms with E-state index in [4.69, 9.17) is 4.74 Å². The molecule has 0 amide bonds. The first-order valence-corrected chi connectivity index (χ1v) is 12.7. The van der Waals surface area contributed by atoms with Gasteiger partial charge in [-0.1, -0.05) is 43.4 Å². The zero-order valence-electron chi connectivity index (χ0n) is 20.1. The number of rotatable bonds is 2. The van der Waals surface area contributed by atoms with Crippen LogP contribution in [0.15, 0.2) is 72.1 Å². The van der Waals surface area contributed by atoms with Gasteiger partial charge < -0.3 is 9.64 Å². The maximum Gasteiger partial charge on any atom is 0.0975 e. The predicted molar refractivity (Wildman–Crippen MR) is 133 cm³/mol. The van der Waals surface area contributed by atoms with E-state index in [-0.39, 0.29) is 16.6 Å². The molecular formula is C30H34N2O. The van der Waals surface area contributed by atoms with Crippen LogP contribution in [0.5, 0.6) is 0 Å². The average Bonchev–Trinajstić information content (AvgIpc) is 3.33. The van der Waals surface area contributed by atoms with Crippen LogP contribution in [0.2, 0.25) is 0 Å². The fraction of sp³-hybridized carbons (Fsp3) is 0.500. The van der Waals surface area contributed by atoms with Crippen molar-refractivity contribution in [2.75, 3.05) is 14.1 Å². The standard InChI is InChI=1S/C30H34N2O/c1-28-12-10-24-17-23-6-7-25(32(2)3)18-29(23)13-14-30(24,33-29)27(28)9-8-26(28)21-5-4-20-11-15-31-19-22(20)16-21/h4-7,10-11,15-17,19,25-27H,8-9,12-14,18H2,1-3H3/t25-,26+,27+,28+,29+,30+/m0/s1. The summed E-state index contributed by atoms with van der Waals surface area (Å²) in [6.45, 7) is 2.56. The second-order valence-electron chi connectivity index (χ2n) is 11.7. The molecule has 3 heteroatoms. The highest BCUT2D eigenvalue weighted by Crippen LogP contribution is 2.69. The topological polar surface area (TPSA) is 25.4 Å². The highest BCUT2D eigenvalue weighted by molar-refractivity contribution is 5.82. The van der Waals surface area contributed by atoms with Crippen LogP contribution in [0, 0.1) is 11.3 Å². The van der Waals surface area contributed by atoms with Gasteiger partial charge in [0.05, 0.1) is 11.2 Å². The van der Waals surface area contributed by atoms with Crippen molar-refractivity contribution in [1.82, 2.24) is 9.88 Å². The highest BCUT2D eigenvalue weighted by atomic mass is 16.5. The van der Waals surface area contributed by atoms with Gasteiger partial charge in [-0.3, -0.25) is 4.98 Å². The van der Waals surface area contributed by atoms with Crippen LogP contribution in [-0.4, -0.2) is 41.2 Å². The van der Waals surface area contributed by atoms with E-state index in [0.717, 1.165) is 19.3 Å². The van der Waals surface area contributed by atoms with Crippen LogP contribution < -0.4 is 0 Å². The SMILES string of the molecule is CN(C)[C@H]1C=CC2=CC3=CC[C@]4(C)[C@@H](c5ccc6ccncc6c5)CC[C@H]4[C@@]34CC[C@]2(C1)O4. The number of likely N-dealkylation sites (N-methyl/N-ethyl adjacent to an activating group) is 1. The minimum absolute atomic E-state index is 0.0913. The first-order valence-electron chi connectivity index (χ1n) is 12.7. The number of allylic oxidation sites excluding steroid dienone is 1. The number of benzene rings is 1. The Hall–Kier alpha value is -2.23. The Morgan fingerprint density at radius 1 is 1.06 bits per heavy atom. The highest BCUT2D eigenvalue weighted by Gasteiger charge is 2.66. The van der Waals surface area contributed by atoms with Crippen LogP contribution in [0.3, 0.4) is 0 Å². The van der Waals surface area contributed by atoms with Crippen molar-refractivity contribution in [1.29, 1.82) is 0 Å². The number of fused-ring (bicyclic) bond motifs is 2. The van der Waals surface area contributed by atoms with E-state index in [2.05, 4.69) is 79.5 Å². The molecule has 3 aliphatic carbocycles. The van der Waals surface area contributed by atoms with Gasteiger partial charge in [0.1, 0.15) is 0 Å². The van der Waals surface area contributed by atoms with Gasteiger partial charge >= 0.3 is 0 Å². The molecule has 3 nitrogen and oxygen atoms in total. The number of pyridine rings is 1. The Labute approximate surface area is 197 Å². The summed E-state index contributed by atoms with van der Waals surface area (Å²) in [4.78, 5) is 6.71. The third-order valence-corrected chi connectivity index (χ3v) is 10.0. The number of ether oxygens (including phenoxy) is 1. The fourth-order valence-electron chi connectivity index (χ4n) is 8.26. The van der Waals surface area contributed by atoms with Gasteiger partial charge in [0, 0.05) is 23.8 Å². The molecule has 0 N–H and O–H groups in total. The van der Waals surface area contributed by atoms with E-state index in [1.54, 1.807) is 0 Å². The molecule has 1 aromatic heterocycles. The van der Waals surface area contributed by atoms with Crippen molar-refractivity contribution >= 4 is 10.8 Å². The van der Waals surface area contributed by atoms with Crippen LogP contribution in [0.1, 0.15) is 56.9 Å². The predicted octanol–water partition coefficient (Wildman–Crippen LogP) is 6.18. The molecule has 2 bridgehead atoms.